The molecule has 0 saturated heterocycles. The van der Waals surface area contributed by atoms with E-state index in [2.05, 4.69) is 4.98 Å². The minimum atomic E-state index is -0.742. The molecule has 7 heteroatoms. The minimum absolute atomic E-state index is 0.209. The van der Waals surface area contributed by atoms with E-state index < -0.39 is 11.7 Å². The number of nitrogens with two attached hydrogens (primary N) is 1. The van der Waals surface area contributed by atoms with Crippen LogP contribution in [0.25, 0.3) is 5.69 Å². The molecule has 0 saturated carbocycles. The number of nitrogen functional groups attached to an aromatic ring is 1. The van der Waals surface area contributed by atoms with Crippen molar-refractivity contribution in [3.63, 3.8) is 0 Å². The van der Waals surface area contributed by atoms with Gasteiger partial charge in [-0.15, -0.1) is 11.8 Å². The van der Waals surface area contributed by atoms with Crippen LogP contribution in [0.2, 0.25) is 0 Å². The van der Waals surface area contributed by atoms with Crippen LogP contribution in [0.3, 0.4) is 0 Å². The Labute approximate surface area is 144 Å². The topological polar surface area (TPSA) is 98.2 Å². The number of carbonyl (C=O) groups is 1. The molecule has 0 fully saturated rings. The maximum atomic E-state index is 12.0. The lowest BCUT2D eigenvalue weighted by atomic mass is 10.2. The monoisotopic (exact) mass is 347 g/mol. The second-order valence-electron chi connectivity index (χ2n) is 5.51. The van der Waals surface area contributed by atoms with E-state index in [-0.39, 0.29) is 12.2 Å². The lowest BCUT2D eigenvalue weighted by molar-refractivity contribution is -0.137. The van der Waals surface area contributed by atoms with Crippen molar-refractivity contribution in [2.45, 2.75) is 37.5 Å². The third kappa shape index (κ3) is 5.13. The number of carboxylic acid groups (broad SMARTS) is 1. The predicted octanol–water partition coefficient (Wildman–Crippen LogP) is 2.86. The normalized spacial score (nSPS) is 10.7. The van der Waals surface area contributed by atoms with Crippen molar-refractivity contribution in [2.24, 2.45) is 0 Å². The van der Waals surface area contributed by atoms with Crippen LogP contribution >= 0.6 is 11.8 Å². The number of aromatic nitrogens is 2. The van der Waals surface area contributed by atoms with E-state index in [0.29, 0.717) is 6.42 Å². The lowest BCUT2D eigenvalue weighted by Crippen LogP contribution is -2.22. The fraction of sp³-hybridized carbons (Fsp3) is 0.353. The number of anilines is 1. The predicted molar refractivity (Wildman–Crippen MR) is 95.8 cm³/mol. The first-order valence-electron chi connectivity index (χ1n) is 7.78. The van der Waals surface area contributed by atoms with Gasteiger partial charge < -0.3 is 10.8 Å². The Hall–Kier alpha value is -2.28. The second-order valence-corrected chi connectivity index (χ2v) is 6.67. The number of hydrogen-bond donors (Lipinski definition) is 2. The number of aryl methyl sites for hydroxylation is 1. The number of thioether (sulfide) groups is 1. The summed E-state index contributed by atoms with van der Waals surface area (Å²) in [6.45, 7) is 1.94. The molecule has 0 aliphatic carbocycles. The van der Waals surface area contributed by atoms with Crippen LogP contribution in [-0.2, 0) is 4.79 Å². The maximum Gasteiger partial charge on any atom is 0.354 e. The first kappa shape index (κ1) is 18.1. The van der Waals surface area contributed by atoms with Gasteiger partial charge in [0.25, 0.3) is 0 Å². The maximum absolute atomic E-state index is 12.0. The molecule has 0 unspecified atom stereocenters. The van der Waals surface area contributed by atoms with Crippen molar-refractivity contribution in [2.75, 3.05) is 11.5 Å². The number of unbranched alkanes of at least 4 members (excludes halogenated alkanes) is 2. The molecular formula is C17H21N3O3S. The first-order valence-corrected chi connectivity index (χ1v) is 8.77. The Morgan fingerprint density at radius 1 is 1.29 bits per heavy atom. The van der Waals surface area contributed by atoms with Crippen molar-refractivity contribution >= 4 is 23.5 Å². The molecule has 24 heavy (non-hydrogen) atoms. The molecule has 0 radical (unpaired) electrons. The fourth-order valence-electron chi connectivity index (χ4n) is 2.28. The summed E-state index contributed by atoms with van der Waals surface area (Å²) in [6, 6.07) is 7.57. The van der Waals surface area contributed by atoms with Gasteiger partial charge in [-0.2, -0.15) is 4.98 Å². The van der Waals surface area contributed by atoms with Crippen LogP contribution in [0, 0.1) is 6.92 Å². The summed E-state index contributed by atoms with van der Waals surface area (Å²) >= 11 is 1.70. The summed E-state index contributed by atoms with van der Waals surface area (Å²) in [5.41, 5.74) is 6.91. The zero-order chi connectivity index (χ0) is 17.5. The van der Waals surface area contributed by atoms with E-state index in [1.54, 1.807) is 24.0 Å². The van der Waals surface area contributed by atoms with E-state index in [1.807, 2.05) is 25.1 Å². The quantitative estimate of drug-likeness (QED) is 0.563. The summed E-state index contributed by atoms with van der Waals surface area (Å²) in [7, 11) is 0. The Balaban J connectivity index is 2.01. The van der Waals surface area contributed by atoms with Crippen molar-refractivity contribution < 1.29 is 9.90 Å². The van der Waals surface area contributed by atoms with Crippen LogP contribution in [0.15, 0.2) is 40.2 Å². The molecule has 2 rings (SSSR count). The molecule has 0 amide bonds. The van der Waals surface area contributed by atoms with Gasteiger partial charge in [0.05, 0.1) is 5.69 Å². The highest BCUT2D eigenvalue weighted by molar-refractivity contribution is 7.99. The van der Waals surface area contributed by atoms with Crippen molar-refractivity contribution in [3.8, 4) is 5.69 Å². The van der Waals surface area contributed by atoms with Gasteiger partial charge in [0, 0.05) is 17.5 Å². The minimum Gasteiger partial charge on any atom is -0.481 e. The molecule has 1 heterocycles. The highest BCUT2D eigenvalue weighted by Crippen LogP contribution is 2.24. The van der Waals surface area contributed by atoms with E-state index in [1.165, 1.54) is 4.57 Å². The molecule has 128 valence electrons. The molecule has 3 N–H and O–H groups in total. The second kappa shape index (κ2) is 8.54. The average molecular weight is 347 g/mol. The van der Waals surface area contributed by atoms with Crippen LogP contribution in [0.1, 0.15) is 31.2 Å². The van der Waals surface area contributed by atoms with Crippen LogP contribution in [0.5, 0.6) is 0 Å². The van der Waals surface area contributed by atoms with Crippen LogP contribution in [0.4, 0.5) is 5.82 Å². The molecule has 0 atom stereocenters. The van der Waals surface area contributed by atoms with E-state index in [4.69, 9.17) is 10.8 Å². The van der Waals surface area contributed by atoms with Gasteiger partial charge in [-0.1, -0.05) is 12.5 Å². The van der Waals surface area contributed by atoms with Gasteiger partial charge in [-0.25, -0.2) is 4.79 Å². The van der Waals surface area contributed by atoms with Gasteiger partial charge in [0.2, 0.25) is 0 Å². The highest BCUT2D eigenvalue weighted by atomic mass is 32.2. The highest BCUT2D eigenvalue weighted by Gasteiger charge is 2.06. The standard InChI is InChI=1S/C17H21N3O3S/c1-12-6-7-13(24-10-4-2-3-5-16(21)22)11-14(12)20-9-8-15(18)19-17(20)23/h6-9,11H,2-5,10H2,1H3,(H,21,22)(H2,18,19,23). The molecule has 0 spiro atoms. The summed E-state index contributed by atoms with van der Waals surface area (Å²) in [5, 5.41) is 8.61. The Bertz CT molecular complexity index is 774. The van der Waals surface area contributed by atoms with Gasteiger partial charge in [0.1, 0.15) is 5.82 Å². The SMILES string of the molecule is Cc1ccc(SCCCCCC(=O)O)cc1-n1ccc(N)nc1=O. The zero-order valence-electron chi connectivity index (χ0n) is 13.6. The molecular weight excluding hydrogens is 326 g/mol. The van der Waals surface area contributed by atoms with E-state index in [9.17, 15) is 9.59 Å². The molecule has 1 aromatic heterocycles. The van der Waals surface area contributed by atoms with Crippen LogP contribution < -0.4 is 11.4 Å². The molecule has 0 aliphatic heterocycles. The number of rotatable bonds is 8. The molecule has 2 aromatic rings. The third-order valence-electron chi connectivity index (χ3n) is 3.57. The lowest BCUT2D eigenvalue weighted by Gasteiger charge is -2.11. The molecule has 1 aromatic carbocycles. The Morgan fingerprint density at radius 3 is 2.79 bits per heavy atom. The summed E-state index contributed by atoms with van der Waals surface area (Å²) in [6.07, 6.45) is 4.44. The number of hydrogen-bond acceptors (Lipinski definition) is 5. The largest absolute Gasteiger partial charge is 0.481 e. The van der Waals surface area contributed by atoms with Crippen LogP contribution in [-0.4, -0.2) is 26.4 Å². The molecule has 0 aliphatic rings. The number of nitrogens with zero attached hydrogens (tertiary/aromatic N) is 2. The van der Waals surface area contributed by atoms with Gasteiger partial charge >= 0.3 is 11.7 Å². The average Bonchev–Trinajstić information content (AvgIpc) is 2.52. The van der Waals surface area contributed by atoms with Crippen molar-refractivity contribution in [1.29, 1.82) is 0 Å². The van der Waals surface area contributed by atoms with E-state index >= 15 is 0 Å². The van der Waals surface area contributed by atoms with Gasteiger partial charge in [-0.3, -0.25) is 9.36 Å². The third-order valence-corrected chi connectivity index (χ3v) is 4.65. The molecule has 0 bridgehead atoms. The number of benzene rings is 1. The fourth-order valence-corrected chi connectivity index (χ4v) is 3.23. The Kier molecular flexibility index (Phi) is 6.43. The van der Waals surface area contributed by atoms with E-state index in [0.717, 1.165) is 34.7 Å². The first-order chi connectivity index (χ1) is 11.5. The Morgan fingerprint density at radius 2 is 2.08 bits per heavy atom. The van der Waals surface area contributed by atoms with Crippen molar-refractivity contribution in [3.05, 3.63) is 46.5 Å². The van der Waals surface area contributed by atoms with Crippen molar-refractivity contribution in [1.82, 2.24) is 9.55 Å². The summed E-state index contributed by atoms with van der Waals surface area (Å²) in [4.78, 5) is 27.3. The van der Waals surface area contributed by atoms with Gasteiger partial charge in [0.15, 0.2) is 0 Å². The molecule has 6 nitrogen and oxygen atoms in total. The number of carboxylic acids is 1. The smallest absolute Gasteiger partial charge is 0.354 e. The summed E-state index contributed by atoms with van der Waals surface area (Å²) in [5.74, 6) is 0.381. The summed E-state index contributed by atoms with van der Waals surface area (Å²) < 4.78 is 1.49. The zero-order valence-corrected chi connectivity index (χ0v) is 14.4. The number of aliphatic carboxylic acids is 1. The van der Waals surface area contributed by atoms with Gasteiger partial charge in [-0.05, 0) is 49.3 Å².